The molecule has 0 spiro atoms. The van der Waals surface area contributed by atoms with E-state index in [1.54, 1.807) is 7.11 Å². The molecule has 15 heavy (non-hydrogen) atoms. The highest BCUT2D eigenvalue weighted by atomic mass is 16.5. The van der Waals surface area contributed by atoms with E-state index in [4.69, 9.17) is 15.6 Å². The number of hydrogen-bond acceptors (Lipinski definition) is 3. The Morgan fingerprint density at radius 3 is 2.80 bits per heavy atom. The van der Waals surface area contributed by atoms with Crippen LogP contribution in [-0.4, -0.2) is 18.8 Å². The van der Waals surface area contributed by atoms with Gasteiger partial charge in [0.05, 0.1) is 19.8 Å². The van der Waals surface area contributed by atoms with Crippen LogP contribution >= 0.6 is 0 Å². The van der Waals surface area contributed by atoms with Crippen LogP contribution in [0.3, 0.4) is 0 Å². The van der Waals surface area contributed by atoms with Crippen LogP contribution in [0.1, 0.15) is 35.9 Å². The van der Waals surface area contributed by atoms with Crippen LogP contribution in [0.2, 0.25) is 0 Å². The maximum absolute atomic E-state index is 8.98. The molecule has 1 fully saturated rings. The first-order valence-corrected chi connectivity index (χ1v) is 5.30. The van der Waals surface area contributed by atoms with E-state index in [9.17, 15) is 0 Å². The van der Waals surface area contributed by atoms with Crippen LogP contribution in [0.25, 0.3) is 0 Å². The van der Waals surface area contributed by atoms with E-state index in [0.717, 1.165) is 11.3 Å². The largest absolute Gasteiger partial charge is 0.496 e. The highest BCUT2D eigenvalue weighted by Crippen LogP contribution is 2.44. The number of aliphatic hydroxyl groups excluding tert-OH is 1. The lowest BCUT2D eigenvalue weighted by Crippen LogP contribution is -2.14. The van der Waals surface area contributed by atoms with E-state index in [1.807, 2.05) is 12.1 Å². The molecule has 0 heterocycles. The highest BCUT2D eigenvalue weighted by Gasteiger charge is 2.26. The lowest BCUT2D eigenvalue weighted by molar-refractivity contribution is 0.267. The second-order valence-electron chi connectivity index (χ2n) is 4.06. The first-order chi connectivity index (χ1) is 7.26. The number of ether oxygens (including phenoxy) is 1. The standard InChI is InChI=1S/C12H17NO2/c1-15-12-6-9(11(13)7-14)4-5-10(12)8-2-3-8/h4-6,8,11,14H,2-3,7,13H2,1H3. The Hall–Kier alpha value is -1.06. The number of nitrogens with two attached hydrogens (primary N) is 1. The first kappa shape index (κ1) is 10.5. The number of benzene rings is 1. The van der Waals surface area contributed by atoms with Gasteiger partial charge in [-0.15, -0.1) is 0 Å². The number of aliphatic hydroxyl groups is 1. The van der Waals surface area contributed by atoms with Crippen molar-refractivity contribution in [3.63, 3.8) is 0 Å². The molecule has 1 aliphatic rings. The molecule has 0 aliphatic heterocycles. The van der Waals surface area contributed by atoms with Gasteiger partial charge in [-0.2, -0.15) is 0 Å². The van der Waals surface area contributed by atoms with Crippen molar-refractivity contribution >= 4 is 0 Å². The summed E-state index contributed by atoms with van der Waals surface area (Å²) in [7, 11) is 1.68. The second-order valence-corrected chi connectivity index (χ2v) is 4.06. The molecule has 3 N–H and O–H groups in total. The number of methoxy groups -OCH3 is 1. The van der Waals surface area contributed by atoms with Crippen LogP contribution < -0.4 is 10.5 Å². The van der Waals surface area contributed by atoms with Crippen LogP contribution in [-0.2, 0) is 0 Å². The Morgan fingerprint density at radius 2 is 2.27 bits per heavy atom. The summed E-state index contributed by atoms with van der Waals surface area (Å²) in [5.74, 6) is 1.57. The van der Waals surface area contributed by atoms with E-state index in [1.165, 1.54) is 18.4 Å². The Labute approximate surface area is 89.9 Å². The quantitative estimate of drug-likeness (QED) is 0.787. The Bertz CT molecular complexity index is 347. The second kappa shape index (κ2) is 4.21. The molecule has 1 aliphatic carbocycles. The van der Waals surface area contributed by atoms with Gasteiger partial charge >= 0.3 is 0 Å². The third-order valence-corrected chi connectivity index (χ3v) is 2.90. The fourth-order valence-corrected chi connectivity index (χ4v) is 1.80. The summed E-state index contributed by atoms with van der Waals surface area (Å²) in [6, 6.07) is 5.68. The minimum Gasteiger partial charge on any atom is -0.496 e. The van der Waals surface area contributed by atoms with Gasteiger partial charge in [0.25, 0.3) is 0 Å². The molecule has 1 atom stereocenters. The maximum Gasteiger partial charge on any atom is 0.122 e. The molecule has 1 aromatic rings. The van der Waals surface area contributed by atoms with Gasteiger partial charge in [-0.1, -0.05) is 12.1 Å². The van der Waals surface area contributed by atoms with Crippen molar-refractivity contribution < 1.29 is 9.84 Å². The van der Waals surface area contributed by atoms with Gasteiger partial charge in [-0.3, -0.25) is 0 Å². The third kappa shape index (κ3) is 2.13. The predicted octanol–water partition coefficient (Wildman–Crippen LogP) is 1.56. The van der Waals surface area contributed by atoms with Crippen molar-refractivity contribution in [1.82, 2.24) is 0 Å². The zero-order valence-electron chi connectivity index (χ0n) is 8.94. The summed E-state index contributed by atoms with van der Waals surface area (Å²) in [4.78, 5) is 0. The summed E-state index contributed by atoms with van der Waals surface area (Å²) in [5, 5.41) is 8.98. The topological polar surface area (TPSA) is 55.5 Å². The van der Waals surface area contributed by atoms with Crippen LogP contribution in [0.15, 0.2) is 18.2 Å². The van der Waals surface area contributed by atoms with E-state index in [0.29, 0.717) is 5.92 Å². The average molecular weight is 207 g/mol. The van der Waals surface area contributed by atoms with E-state index in [2.05, 4.69) is 6.07 Å². The van der Waals surface area contributed by atoms with E-state index in [-0.39, 0.29) is 12.6 Å². The molecule has 3 heteroatoms. The van der Waals surface area contributed by atoms with Gasteiger partial charge in [0.2, 0.25) is 0 Å². The summed E-state index contributed by atoms with van der Waals surface area (Å²) >= 11 is 0. The molecule has 0 radical (unpaired) electrons. The average Bonchev–Trinajstić information content (AvgIpc) is 3.11. The fourth-order valence-electron chi connectivity index (χ4n) is 1.80. The minimum atomic E-state index is -0.313. The molecule has 1 unspecified atom stereocenters. The molecule has 3 nitrogen and oxygen atoms in total. The van der Waals surface area contributed by atoms with Crippen molar-refractivity contribution in [2.24, 2.45) is 5.73 Å². The van der Waals surface area contributed by atoms with Gasteiger partial charge in [0, 0.05) is 0 Å². The molecule has 0 amide bonds. The molecule has 0 aromatic heterocycles. The third-order valence-electron chi connectivity index (χ3n) is 2.90. The first-order valence-electron chi connectivity index (χ1n) is 5.30. The molecular weight excluding hydrogens is 190 g/mol. The molecule has 0 bridgehead atoms. The maximum atomic E-state index is 8.98. The number of rotatable bonds is 4. The highest BCUT2D eigenvalue weighted by molar-refractivity contribution is 5.42. The van der Waals surface area contributed by atoms with Crippen molar-refractivity contribution in [3.8, 4) is 5.75 Å². The van der Waals surface area contributed by atoms with Gasteiger partial charge in [-0.25, -0.2) is 0 Å². The molecule has 0 saturated heterocycles. The summed E-state index contributed by atoms with van der Waals surface area (Å²) in [5.41, 5.74) is 7.95. The van der Waals surface area contributed by atoms with Crippen molar-refractivity contribution in [1.29, 1.82) is 0 Å². The Morgan fingerprint density at radius 1 is 1.53 bits per heavy atom. The van der Waals surface area contributed by atoms with Crippen molar-refractivity contribution in [2.45, 2.75) is 24.8 Å². The Balaban J connectivity index is 2.29. The van der Waals surface area contributed by atoms with Crippen LogP contribution in [0, 0.1) is 0 Å². The molecule has 1 saturated carbocycles. The molecule has 1 aromatic carbocycles. The molecular formula is C12H17NO2. The summed E-state index contributed by atoms with van der Waals surface area (Å²) in [6.45, 7) is -0.0358. The van der Waals surface area contributed by atoms with Crippen LogP contribution in [0.4, 0.5) is 0 Å². The van der Waals surface area contributed by atoms with Crippen molar-refractivity contribution in [3.05, 3.63) is 29.3 Å². The predicted molar refractivity (Wildman–Crippen MR) is 59.0 cm³/mol. The van der Waals surface area contributed by atoms with Gasteiger partial charge in [0.1, 0.15) is 5.75 Å². The lowest BCUT2D eigenvalue weighted by Gasteiger charge is -2.13. The fraction of sp³-hybridized carbons (Fsp3) is 0.500. The van der Waals surface area contributed by atoms with Gasteiger partial charge in [0.15, 0.2) is 0 Å². The van der Waals surface area contributed by atoms with Gasteiger partial charge < -0.3 is 15.6 Å². The summed E-state index contributed by atoms with van der Waals surface area (Å²) < 4.78 is 5.34. The number of hydrogen-bond donors (Lipinski definition) is 2. The zero-order chi connectivity index (χ0) is 10.8. The Kier molecular flexibility index (Phi) is 2.93. The summed E-state index contributed by atoms with van der Waals surface area (Å²) in [6.07, 6.45) is 2.50. The monoisotopic (exact) mass is 207 g/mol. The normalized spacial score (nSPS) is 17.5. The van der Waals surface area contributed by atoms with E-state index >= 15 is 0 Å². The zero-order valence-corrected chi connectivity index (χ0v) is 8.94. The molecule has 82 valence electrons. The SMILES string of the molecule is COc1cc(C(N)CO)ccc1C1CC1. The van der Waals surface area contributed by atoms with Crippen LogP contribution in [0.5, 0.6) is 5.75 Å². The minimum absolute atomic E-state index is 0.0358. The smallest absolute Gasteiger partial charge is 0.122 e. The lowest BCUT2D eigenvalue weighted by atomic mass is 10.0. The molecule has 2 rings (SSSR count). The van der Waals surface area contributed by atoms with Gasteiger partial charge in [-0.05, 0) is 36.0 Å². The van der Waals surface area contributed by atoms with E-state index < -0.39 is 0 Å². The van der Waals surface area contributed by atoms with Crippen molar-refractivity contribution in [2.75, 3.05) is 13.7 Å².